The Morgan fingerprint density at radius 2 is 1.91 bits per heavy atom. The van der Waals surface area contributed by atoms with Crippen LogP contribution in [0, 0.1) is 5.92 Å². The number of ether oxygens (including phenoxy) is 2. The van der Waals surface area contributed by atoms with Gasteiger partial charge in [0.05, 0.1) is 10.9 Å². The number of alkyl carbamates (subject to hydrolysis) is 1. The summed E-state index contributed by atoms with van der Waals surface area (Å²) in [6.45, 7) is 10.0. The Labute approximate surface area is 202 Å². The van der Waals surface area contributed by atoms with E-state index in [9.17, 15) is 24.3 Å². The Kier molecular flexibility index (Phi) is 7.42. The van der Waals surface area contributed by atoms with Crippen molar-refractivity contribution in [2.75, 3.05) is 6.61 Å². The molecule has 184 valence electrons. The molecule has 0 bridgehead atoms. The molecule has 1 aromatic carbocycles. The van der Waals surface area contributed by atoms with E-state index in [1.165, 1.54) is 36.6 Å². The first-order valence-electron chi connectivity index (χ1n) is 10.9. The van der Waals surface area contributed by atoms with Gasteiger partial charge in [-0.15, -0.1) is 11.8 Å². The Morgan fingerprint density at radius 3 is 2.53 bits per heavy atom. The number of β-lactam (4-membered cyclic amide) rings is 1. The first kappa shape index (κ1) is 25.8. The number of rotatable bonds is 9. The molecule has 2 saturated heterocycles. The van der Waals surface area contributed by atoms with Gasteiger partial charge in [0.1, 0.15) is 31.3 Å². The first-order valence-corrected chi connectivity index (χ1v) is 11.8. The van der Waals surface area contributed by atoms with Gasteiger partial charge in [-0.3, -0.25) is 9.59 Å². The highest BCUT2D eigenvalue weighted by atomic mass is 32.2. The van der Waals surface area contributed by atoms with Crippen molar-refractivity contribution in [2.45, 2.75) is 62.1 Å². The van der Waals surface area contributed by atoms with Crippen molar-refractivity contribution in [3.63, 3.8) is 0 Å². The van der Waals surface area contributed by atoms with E-state index in [2.05, 4.69) is 11.9 Å². The van der Waals surface area contributed by atoms with Crippen molar-refractivity contribution < 1.29 is 33.8 Å². The Balaban J connectivity index is 1.63. The van der Waals surface area contributed by atoms with E-state index in [1.807, 2.05) is 32.0 Å². The van der Waals surface area contributed by atoms with Gasteiger partial charge in [-0.1, -0.05) is 43.0 Å². The molecule has 2 aliphatic heterocycles. The van der Waals surface area contributed by atoms with Gasteiger partial charge in [0.15, 0.2) is 5.78 Å². The van der Waals surface area contributed by atoms with Crippen LogP contribution in [0.15, 0.2) is 43.0 Å². The summed E-state index contributed by atoms with van der Waals surface area (Å²) in [6, 6.07) is 8.21. The molecule has 0 unspecified atom stereocenters. The molecular formula is C24H30N2O7S. The summed E-state index contributed by atoms with van der Waals surface area (Å²) < 4.78 is 9.64. The maximum absolute atomic E-state index is 13.1. The van der Waals surface area contributed by atoms with Crippen LogP contribution in [0.4, 0.5) is 4.79 Å². The Hall–Kier alpha value is -2.85. The lowest BCUT2D eigenvalue weighted by Gasteiger charge is -2.46. The summed E-state index contributed by atoms with van der Waals surface area (Å²) in [6.07, 6.45) is -1.05. The average molecular weight is 491 g/mol. The van der Waals surface area contributed by atoms with Gasteiger partial charge >= 0.3 is 12.1 Å². The molecule has 2 heterocycles. The van der Waals surface area contributed by atoms with Gasteiger partial charge in [0, 0.05) is 4.75 Å². The standard InChI is InChI=1S/C24H30N2O7S/c1-6-12-32-21(30)17-24(4,5)34-20-15(19(29)26(17)20)16(27)18(28)23(2,3)25-22(31)33-13-14-10-8-7-9-11-14/h6-11,15-17,20,27H,1,12-13H2,2-5H3,(H,25,31)/t15-,16+,17+,20-/m1/s1. The van der Waals surface area contributed by atoms with Crippen molar-refractivity contribution >= 4 is 35.5 Å². The number of nitrogens with zero attached hydrogens (tertiary/aromatic N) is 1. The molecule has 0 spiro atoms. The number of Topliss-reactive ketones (excluding diaryl/α,β-unsaturated/α-hetero) is 1. The molecule has 4 atom stereocenters. The van der Waals surface area contributed by atoms with E-state index < -0.39 is 57.5 Å². The third kappa shape index (κ3) is 4.97. The quantitative estimate of drug-likeness (QED) is 0.306. The molecule has 3 rings (SSSR count). The number of nitrogens with one attached hydrogen (secondary N) is 1. The number of hydrogen-bond acceptors (Lipinski definition) is 8. The highest BCUT2D eigenvalue weighted by Gasteiger charge is 2.66. The fourth-order valence-corrected chi connectivity index (χ4v) is 5.85. The molecule has 1 aromatic rings. The number of aliphatic hydroxyl groups is 1. The molecule has 2 amide bonds. The summed E-state index contributed by atoms with van der Waals surface area (Å²) in [7, 11) is 0. The number of esters is 1. The van der Waals surface area contributed by atoms with Crippen molar-refractivity contribution in [1.82, 2.24) is 10.2 Å². The third-order valence-corrected chi connectivity index (χ3v) is 7.49. The van der Waals surface area contributed by atoms with E-state index in [0.717, 1.165) is 5.56 Å². The van der Waals surface area contributed by atoms with Crippen molar-refractivity contribution in [3.05, 3.63) is 48.6 Å². The zero-order valence-electron chi connectivity index (χ0n) is 19.6. The monoisotopic (exact) mass is 490 g/mol. The molecule has 0 saturated carbocycles. The largest absolute Gasteiger partial charge is 0.460 e. The molecule has 2 aliphatic rings. The zero-order chi connectivity index (χ0) is 25.3. The maximum Gasteiger partial charge on any atom is 0.408 e. The molecule has 9 nitrogen and oxygen atoms in total. The predicted molar refractivity (Wildman–Crippen MR) is 126 cm³/mol. The van der Waals surface area contributed by atoms with Gasteiger partial charge in [-0.05, 0) is 33.3 Å². The maximum atomic E-state index is 13.1. The van der Waals surface area contributed by atoms with Crippen molar-refractivity contribution in [2.24, 2.45) is 5.92 Å². The summed E-state index contributed by atoms with van der Waals surface area (Å²) in [5.41, 5.74) is -0.710. The molecule has 0 aromatic heterocycles. The van der Waals surface area contributed by atoms with Crippen LogP contribution < -0.4 is 5.32 Å². The first-order chi connectivity index (χ1) is 15.9. The van der Waals surface area contributed by atoms with Gasteiger partial charge in [-0.2, -0.15) is 0 Å². The third-order valence-electron chi connectivity index (χ3n) is 5.90. The Bertz CT molecular complexity index is 979. The molecule has 2 fully saturated rings. The number of ketones is 1. The summed E-state index contributed by atoms with van der Waals surface area (Å²) >= 11 is 1.33. The number of amides is 2. The zero-order valence-corrected chi connectivity index (χ0v) is 20.5. The minimum Gasteiger partial charge on any atom is -0.460 e. The second-order valence-corrected chi connectivity index (χ2v) is 11.1. The lowest BCUT2D eigenvalue weighted by molar-refractivity contribution is -0.173. The normalized spacial score (nSPS) is 23.9. The van der Waals surface area contributed by atoms with Crippen LogP contribution in [-0.4, -0.2) is 68.2 Å². The van der Waals surface area contributed by atoms with E-state index in [1.54, 1.807) is 12.1 Å². The van der Waals surface area contributed by atoms with Gasteiger partial charge in [0.25, 0.3) is 0 Å². The van der Waals surface area contributed by atoms with Crippen LogP contribution in [-0.2, 0) is 30.5 Å². The highest BCUT2D eigenvalue weighted by Crippen LogP contribution is 2.54. The van der Waals surface area contributed by atoms with Crippen LogP contribution in [0.3, 0.4) is 0 Å². The fourth-order valence-electron chi connectivity index (χ4n) is 4.14. The van der Waals surface area contributed by atoms with E-state index in [0.29, 0.717) is 0 Å². The molecule has 10 heteroatoms. The number of carbonyl (C=O) groups is 4. The number of carbonyl (C=O) groups excluding carboxylic acids is 4. The number of fused-ring (bicyclic) bond motifs is 1. The fraction of sp³-hybridized carbons (Fsp3) is 0.500. The summed E-state index contributed by atoms with van der Waals surface area (Å²) in [5.74, 6) is -2.82. The molecule has 34 heavy (non-hydrogen) atoms. The second kappa shape index (κ2) is 9.79. The second-order valence-electron chi connectivity index (χ2n) is 9.33. The van der Waals surface area contributed by atoms with E-state index in [4.69, 9.17) is 9.47 Å². The average Bonchev–Trinajstić information content (AvgIpc) is 3.03. The van der Waals surface area contributed by atoms with Crippen LogP contribution in [0.25, 0.3) is 0 Å². The van der Waals surface area contributed by atoms with E-state index in [-0.39, 0.29) is 13.2 Å². The van der Waals surface area contributed by atoms with Crippen molar-refractivity contribution in [1.29, 1.82) is 0 Å². The van der Waals surface area contributed by atoms with Gasteiger partial charge in [0.2, 0.25) is 5.91 Å². The van der Waals surface area contributed by atoms with Gasteiger partial charge < -0.3 is 24.8 Å². The number of aliphatic hydroxyl groups excluding tert-OH is 1. The lowest BCUT2D eigenvalue weighted by Crippen LogP contribution is -2.68. The number of benzene rings is 1. The summed E-state index contributed by atoms with van der Waals surface area (Å²) in [5, 5.41) is 12.7. The van der Waals surface area contributed by atoms with Crippen molar-refractivity contribution in [3.8, 4) is 0 Å². The molecular weight excluding hydrogens is 460 g/mol. The molecule has 0 radical (unpaired) electrons. The van der Waals surface area contributed by atoms with Gasteiger partial charge in [-0.25, -0.2) is 9.59 Å². The Morgan fingerprint density at radius 1 is 1.26 bits per heavy atom. The van der Waals surface area contributed by atoms with Crippen LogP contribution >= 0.6 is 11.8 Å². The number of thioether (sulfide) groups is 1. The highest BCUT2D eigenvalue weighted by molar-refractivity contribution is 8.01. The SMILES string of the molecule is C=CCOC(=O)[C@@H]1N2C(=O)[C@@H]([C@H](O)C(=O)C(C)(C)NC(=O)OCc3ccccc3)[C@H]2SC1(C)C. The van der Waals surface area contributed by atoms with E-state index >= 15 is 0 Å². The molecule has 0 aliphatic carbocycles. The lowest BCUT2D eigenvalue weighted by atomic mass is 9.81. The van der Waals surface area contributed by atoms with Crippen LogP contribution in [0.5, 0.6) is 0 Å². The van der Waals surface area contributed by atoms with Crippen LogP contribution in [0.2, 0.25) is 0 Å². The minimum absolute atomic E-state index is 0.0205. The summed E-state index contributed by atoms with van der Waals surface area (Å²) in [4.78, 5) is 52.1. The molecule has 2 N–H and O–H groups in total. The minimum atomic E-state index is -1.66. The topological polar surface area (TPSA) is 122 Å². The van der Waals surface area contributed by atoms with Crippen LogP contribution in [0.1, 0.15) is 33.3 Å². The smallest absolute Gasteiger partial charge is 0.408 e. The number of hydrogen-bond donors (Lipinski definition) is 2. The predicted octanol–water partition coefficient (Wildman–Crippen LogP) is 2.03.